The van der Waals surface area contributed by atoms with Crippen molar-refractivity contribution in [1.82, 2.24) is 0 Å². The quantitative estimate of drug-likeness (QED) is 0.290. The Labute approximate surface area is 109 Å². The summed E-state index contributed by atoms with van der Waals surface area (Å²) in [5.41, 5.74) is 5.43. The zero-order chi connectivity index (χ0) is 14.0. The lowest BCUT2D eigenvalue weighted by molar-refractivity contribution is 0.245. The third-order valence-corrected chi connectivity index (χ3v) is 7.88. The summed E-state index contributed by atoms with van der Waals surface area (Å²) in [6, 6.07) is 3.44. The first-order valence-electron chi connectivity index (χ1n) is 5.88. The van der Waals surface area contributed by atoms with E-state index < -0.39 is 8.32 Å². The average molecular weight is 270 g/mol. The van der Waals surface area contributed by atoms with Gasteiger partial charge in [0.2, 0.25) is 5.84 Å². The SMILES string of the molecule is CC(C)(C)[Si](C)(C)OCc1ccc(/C(N)=N/O)o1. The maximum absolute atomic E-state index is 8.54. The van der Waals surface area contributed by atoms with E-state index in [9.17, 15) is 0 Å². The van der Waals surface area contributed by atoms with E-state index in [-0.39, 0.29) is 10.9 Å². The molecule has 18 heavy (non-hydrogen) atoms. The van der Waals surface area contributed by atoms with Crippen molar-refractivity contribution in [3.63, 3.8) is 0 Å². The Morgan fingerprint density at radius 3 is 2.56 bits per heavy atom. The molecule has 1 aromatic heterocycles. The standard InChI is InChI=1S/C12H22N2O3Si/c1-12(2,3)18(4,5)16-8-9-6-7-10(17-9)11(13)14-15/h6-7,15H,8H2,1-5H3,(H2,13,14). The van der Waals surface area contributed by atoms with Crippen LogP contribution in [0.25, 0.3) is 0 Å². The lowest BCUT2D eigenvalue weighted by atomic mass is 10.2. The minimum Gasteiger partial charge on any atom is -0.455 e. The molecule has 102 valence electrons. The van der Waals surface area contributed by atoms with Gasteiger partial charge in [0, 0.05) is 0 Å². The van der Waals surface area contributed by atoms with Crippen LogP contribution >= 0.6 is 0 Å². The van der Waals surface area contributed by atoms with Crippen LogP contribution in [0.15, 0.2) is 21.7 Å². The van der Waals surface area contributed by atoms with Gasteiger partial charge in [0.05, 0.1) is 6.61 Å². The van der Waals surface area contributed by atoms with Crippen LogP contribution < -0.4 is 5.73 Å². The molecule has 1 heterocycles. The van der Waals surface area contributed by atoms with Gasteiger partial charge < -0.3 is 19.8 Å². The summed E-state index contributed by atoms with van der Waals surface area (Å²) in [4.78, 5) is 0. The molecule has 0 bridgehead atoms. The van der Waals surface area contributed by atoms with Crippen molar-refractivity contribution in [2.45, 2.75) is 45.5 Å². The Morgan fingerprint density at radius 1 is 1.44 bits per heavy atom. The van der Waals surface area contributed by atoms with Crippen LogP contribution in [0.3, 0.4) is 0 Å². The first kappa shape index (κ1) is 14.8. The van der Waals surface area contributed by atoms with Crippen molar-refractivity contribution in [3.05, 3.63) is 23.7 Å². The van der Waals surface area contributed by atoms with Gasteiger partial charge >= 0.3 is 0 Å². The maximum atomic E-state index is 8.54. The second-order valence-corrected chi connectivity index (χ2v) is 10.6. The highest BCUT2D eigenvalue weighted by Crippen LogP contribution is 2.37. The fourth-order valence-corrected chi connectivity index (χ4v) is 2.05. The molecule has 0 saturated heterocycles. The van der Waals surface area contributed by atoms with Gasteiger partial charge in [-0.05, 0) is 30.3 Å². The Kier molecular flexibility index (Phi) is 4.23. The van der Waals surface area contributed by atoms with Crippen LogP contribution in [0.4, 0.5) is 0 Å². The number of amidine groups is 1. The molecule has 0 amide bonds. The maximum Gasteiger partial charge on any atom is 0.205 e. The van der Waals surface area contributed by atoms with Crippen LogP contribution in [0.2, 0.25) is 18.1 Å². The molecule has 1 rings (SSSR count). The van der Waals surface area contributed by atoms with Crippen LogP contribution in [0.1, 0.15) is 32.3 Å². The van der Waals surface area contributed by atoms with Crippen LogP contribution in [0, 0.1) is 0 Å². The van der Waals surface area contributed by atoms with Gasteiger partial charge in [0.25, 0.3) is 0 Å². The predicted molar refractivity (Wildman–Crippen MR) is 73.2 cm³/mol. The van der Waals surface area contributed by atoms with Gasteiger partial charge in [-0.15, -0.1) is 0 Å². The first-order valence-corrected chi connectivity index (χ1v) is 8.79. The van der Waals surface area contributed by atoms with Crippen molar-refractivity contribution in [2.24, 2.45) is 10.9 Å². The van der Waals surface area contributed by atoms with Crippen LogP contribution in [-0.4, -0.2) is 19.4 Å². The molecule has 0 aliphatic heterocycles. The second-order valence-electron chi connectivity index (χ2n) is 5.80. The number of rotatable bonds is 4. The molecular formula is C12H22N2O3Si. The summed E-state index contributed by atoms with van der Waals surface area (Å²) in [6.45, 7) is 11.3. The molecule has 0 spiro atoms. The molecule has 0 aliphatic rings. The van der Waals surface area contributed by atoms with E-state index in [1.807, 2.05) is 0 Å². The molecule has 0 fully saturated rings. The van der Waals surface area contributed by atoms with Gasteiger partial charge in [-0.2, -0.15) is 0 Å². The average Bonchev–Trinajstić information content (AvgIpc) is 2.72. The molecule has 0 atom stereocenters. The Hall–Kier alpha value is -1.27. The summed E-state index contributed by atoms with van der Waals surface area (Å²) in [5, 5.41) is 11.6. The van der Waals surface area contributed by atoms with E-state index in [1.54, 1.807) is 12.1 Å². The summed E-state index contributed by atoms with van der Waals surface area (Å²) in [5.74, 6) is 1.00. The normalized spacial score (nSPS) is 13.9. The minimum atomic E-state index is -1.78. The van der Waals surface area contributed by atoms with Gasteiger partial charge in [0.1, 0.15) is 5.76 Å². The topological polar surface area (TPSA) is 81.0 Å². The third kappa shape index (κ3) is 3.36. The Balaban J connectivity index is 2.68. The van der Waals surface area contributed by atoms with E-state index in [4.69, 9.17) is 19.8 Å². The van der Waals surface area contributed by atoms with Gasteiger partial charge in [-0.25, -0.2) is 0 Å². The van der Waals surface area contributed by atoms with E-state index in [1.165, 1.54) is 0 Å². The first-order chi connectivity index (χ1) is 8.17. The summed E-state index contributed by atoms with van der Waals surface area (Å²) in [7, 11) is -1.78. The molecule has 5 nitrogen and oxygen atoms in total. The fourth-order valence-electron chi connectivity index (χ4n) is 1.11. The second kappa shape index (κ2) is 5.15. The molecule has 0 radical (unpaired) electrons. The molecule has 3 N–H and O–H groups in total. The Bertz CT molecular complexity index is 433. The molecule has 0 unspecified atom stereocenters. The molecule has 6 heteroatoms. The third-order valence-electron chi connectivity index (χ3n) is 3.40. The molecule has 1 aromatic rings. The smallest absolute Gasteiger partial charge is 0.205 e. The number of nitrogens with two attached hydrogens (primary N) is 1. The highest BCUT2D eigenvalue weighted by molar-refractivity contribution is 6.74. The molecule has 0 saturated carbocycles. The van der Waals surface area contributed by atoms with E-state index in [0.29, 0.717) is 18.1 Å². The lowest BCUT2D eigenvalue weighted by Gasteiger charge is -2.35. The monoisotopic (exact) mass is 270 g/mol. The largest absolute Gasteiger partial charge is 0.455 e. The summed E-state index contributed by atoms with van der Waals surface area (Å²) < 4.78 is 11.4. The van der Waals surface area contributed by atoms with E-state index in [0.717, 1.165) is 0 Å². The van der Waals surface area contributed by atoms with Crippen molar-refractivity contribution >= 4 is 14.2 Å². The molecule has 0 aliphatic carbocycles. The van der Waals surface area contributed by atoms with Gasteiger partial charge in [-0.3, -0.25) is 0 Å². The zero-order valence-corrected chi connectivity index (χ0v) is 12.7. The summed E-state index contributed by atoms with van der Waals surface area (Å²) in [6.07, 6.45) is 0. The highest BCUT2D eigenvalue weighted by Gasteiger charge is 2.37. The van der Waals surface area contributed by atoms with Crippen molar-refractivity contribution < 1.29 is 14.1 Å². The summed E-state index contributed by atoms with van der Waals surface area (Å²) >= 11 is 0. The van der Waals surface area contributed by atoms with Gasteiger partial charge in [-0.1, -0.05) is 25.9 Å². The number of oxime groups is 1. The molecule has 0 aromatic carbocycles. The number of nitrogens with zero attached hydrogens (tertiary/aromatic N) is 1. The lowest BCUT2D eigenvalue weighted by Crippen LogP contribution is -2.40. The van der Waals surface area contributed by atoms with E-state index >= 15 is 0 Å². The minimum absolute atomic E-state index is 0.0337. The van der Waals surface area contributed by atoms with Crippen LogP contribution in [-0.2, 0) is 11.0 Å². The number of hydrogen-bond donors (Lipinski definition) is 2. The predicted octanol–water partition coefficient (Wildman–Crippen LogP) is 2.90. The Morgan fingerprint density at radius 2 is 2.06 bits per heavy atom. The van der Waals surface area contributed by atoms with E-state index in [2.05, 4.69) is 39.0 Å². The van der Waals surface area contributed by atoms with Crippen molar-refractivity contribution in [3.8, 4) is 0 Å². The number of furan rings is 1. The fraction of sp³-hybridized carbons (Fsp3) is 0.583. The highest BCUT2D eigenvalue weighted by atomic mass is 28.4. The van der Waals surface area contributed by atoms with Crippen molar-refractivity contribution in [2.75, 3.05) is 0 Å². The van der Waals surface area contributed by atoms with Crippen molar-refractivity contribution in [1.29, 1.82) is 0 Å². The number of hydrogen-bond acceptors (Lipinski definition) is 4. The zero-order valence-electron chi connectivity index (χ0n) is 11.7. The van der Waals surface area contributed by atoms with Crippen LogP contribution in [0.5, 0.6) is 0 Å². The molecular weight excluding hydrogens is 248 g/mol. The van der Waals surface area contributed by atoms with Gasteiger partial charge in [0.15, 0.2) is 14.1 Å².